The number of hydrogen-bond acceptors (Lipinski definition) is 8. The zero-order chi connectivity index (χ0) is 21.1. The molecule has 3 aromatic rings. The van der Waals surface area contributed by atoms with E-state index in [0.717, 1.165) is 10.0 Å². The number of fused-ring (bicyclic) bond motifs is 1. The van der Waals surface area contributed by atoms with Gasteiger partial charge in [0.05, 0.1) is 5.25 Å². The lowest BCUT2D eigenvalue weighted by molar-refractivity contribution is -0.115. The van der Waals surface area contributed by atoms with Crippen molar-refractivity contribution in [2.45, 2.75) is 30.4 Å². The van der Waals surface area contributed by atoms with Crippen LogP contribution in [0.15, 0.2) is 40.7 Å². The van der Waals surface area contributed by atoms with Gasteiger partial charge in [-0.25, -0.2) is 0 Å². The Bertz CT molecular complexity index is 1070. The topological polar surface area (TPSA) is 85.4 Å². The van der Waals surface area contributed by atoms with Crippen molar-refractivity contribution in [1.29, 1.82) is 0 Å². The summed E-state index contributed by atoms with van der Waals surface area (Å²) in [7, 11) is 0. The first-order valence-corrected chi connectivity index (χ1v) is 11.2. The predicted molar refractivity (Wildman–Crippen MR) is 120 cm³/mol. The minimum Gasteiger partial charge on any atom is -0.486 e. The molecule has 0 saturated carbocycles. The highest BCUT2D eigenvalue weighted by molar-refractivity contribution is 8.02. The molecule has 30 heavy (non-hydrogen) atoms. The second-order valence-corrected chi connectivity index (χ2v) is 9.47. The van der Waals surface area contributed by atoms with Crippen LogP contribution in [0.2, 0.25) is 0 Å². The molecule has 4 rings (SSSR count). The molecule has 0 fully saturated rings. The van der Waals surface area contributed by atoms with Crippen LogP contribution in [0.3, 0.4) is 0 Å². The van der Waals surface area contributed by atoms with E-state index >= 15 is 0 Å². The van der Waals surface area contributed by atoms with E-state index in [1.165, 1.54) is 34.2 Å². The summed E-state index contributed by atoms with van der Waals surface area (Å²) in [5.74, 6) is 1.22. The molecule has 9 heteroatoms. The highest BCUT2D eigenvalue weighted by Crippen LogP contribution is 2.34. The van der Waals surface area contributed by atoms with Crippen molar-refractivity contribution in [3.8, 4) is 11.5 Å². The lowest BCUT2D eigenvalue weighted by Gasteiger charge is -2.19. The molecule has 2 N–H and O–H groups in total. The normalized spacial score (nSPS) is 13.6. The smallest absolute Gasteiger partial charge is 0.237 e. The molecular formula is C21H22N4O3S2. The predicted octanol–water partition coefficient (Wildman–Crippen LogP) is 4.79. The average molecular weight is 443 g/mol. The molecule has 0 unspecified atom stereocenters. The molecule has 7 nitrogen and oxygen atoms in total. The zero-order valence-corrected chi connectivity index (χ0v) is 18.5. The van der Waals surface area contributed by atoms with Gasteiger partial charge in [0.15, 0.2) is 15.8 Å². The third kappa shape index (κ3) is 4.85. The van der Waals surface area contributed by atoms with E-state index in [-0.39, 0.29) is 11.2 Å². The fraction of sp³-hybridized carbons (Fsp3) is 0.286. The number of carbonyl (C=O) groups is 1. The fourth-order valence-corrected chi connectivity index (χ4v) is 4.74. The fourth-order valence-electron chi connectivity index (χ4n) is 2.82. The Morgan fingerprint density at radius 1 is 1.03 bits per heavy atom. The van der Waals surface area contributed by atoms with Gasteiger partial charge in [-0.1, -0.05) is 29.2 Å². The van der Waals surface area contributed by atoms with Gasteiger partial charge in [-0.3, -0.25) is 4.79 Å². The zero-order valence-electron chi connectivity index (χ0n) is 16.9. The van der Waals surface area contributed by atoms with Gasteiger partial charge in [-0.05, 0) is 56.2 Å². The van der Waals surface area contributed by atoms with Crippen molar-refractivity contribution in [1.82, 2.24) is 10.2 Å². The van der Waals surface area contributed by atoms with E-state index in [0.29, 0.717) is 35.5 Å². The summed E-state index contributed by atoms with van der Waals surface area (Å²) in [6.45, 7) is 7.04. The molecule has 0 spiro atoms. The summed E-state index contributed by atoms with van der Waals surface area (Å²) in [5, 5.41) is 14.9. The third-order valence-electron chi connectivity index (χ3n) is 4.62. The average Bonchev–Trinajstić information content (AvgIpc) is 3.17. The number of rotatable bonds is 6. The van der Waals surface area contributed by atoms with Gasteiger partial charge in [0.25, 0.3) is 0 Å². The number of nitrogens with one attached hydrogen (secondary N) is 2. The summed E-state index contributed by atoms with van der Waals surface area (Å²) in [5.41, 5.74) is 4.09. The second kappa shape index (κ2) is 8.93. The lowest BCUT2D eigenvalue weighted by Crippen LogP contribution is -2.22. The molecule has 0 bridgehead atoms. The molecule has 2 heterocycles. The molecule has 2 aromatic carbocycles. The molecule has 0 aliphatic carbocycles. The highest BCUT2D eigenvalue weighted by atomic mass is 32.2. The Hall–Kier alpha value is -2.78. The first-order valence-electron chi connectivity index (χ1n) is 9.53. The Kier molecular flexibility index (Phi) is 6.10. The van der Waals surface area contributed by atoms with E-state index in [9.17, 15) is 4.79 Å². The molecular weight excluding hydrogens is 420 g/mol. The van der Waals surface area contributed by atoms with Crippen molar-refractivity contribution in [2.24, 2.45) is 0 Å². The minimum atomic E-state index is -0.333. The third-order valence-corrected chi connectivity index (χ3v) is 6.64. The van der Waals surface area contributed by atoms with Gasteiger partial charge in [0, 0.05) is 17.4 Å². The first-order chi connectivity index (χ1) is 14.5. The Balaban J connectivity index is 1.35. The quantitative estimate of drug-likeness (QED) is 0.531. The van der Waals surface area contributed by atoms with Crippen molar-refractivity contribution < 1.29 is 14.3 Å². The monoisotopic (exact) mass is 442 g/mol. The number of aryl methyl sites for hydroxylation is 2. The van der Waals surface area contributed by atoms with E-state index in [4.69, 9.17) is 9.47 Å². The van der Waals surface area contributed by atoms with Crippen molar-refractivity contribution in [2.75, 3.05) is 23.8 Å². The van der Waals surface area contributed by atoms with Crippen molar-refractivity contribution >= 4 is 45.5 Å². The van der Waals surface area contributed by atoms with Gasteiger partial charge in [0.2, 0.25) is 11.0 Å². The number of ether oxygens (including phenoxy) is 2. The maximum atomic E-state index is 12.6. The van der Waals surface area contributed by atoms with Crippen LogP contribution in [-0.4, -0.2) is 34.6 Å². The number of benzene rings is 2. The van der Waals surface area contributed by atoms with Gasteiger partial charge in [-0.2, -0.15) is 0 Å². The number of hydrogen-bond donors (Lipinski definition) is 2. The standard InChI is InChI=1S/C21H22N4O3S2/c1-12-4-5-15(10-13(12)2)23-20-24-25-21(30-20)29-14(3)19(26)22-16-6-7-17-18(11-16)28-9-8-27-17/h4-7,10-11,14H,8-9H2,1-3H3,(H,22,26)(H,23,24)/t14-/m0/s1. The Morgan fingerprint density at radius 3 is 2.60 bits per heavy atom. The Labute approximate surface area is 183 Å². The van der Waals surface area contributed by atoms with Crippen LogP contribution < -0.4 is 20.1 Å². The van der Waals surface area contributed by atoms with Gasteiger partial charge in [0.1, 0.15) is 13.2 Å². The number of thioether (sulfide) groups is 1. The lowest BCUT2D eigenvalue weighted by atomic mass is 10.1. The van der Waals surface area contributed by atoms with Gasteiger partial charge < -0.3 is 20.1 Å². The van der Waals surface area contributed by atoms with Crippen molar-refractivity contribution in [3.05, 3.63) is 47.5 Å². The molecule has 1 aromatic heterocycles. The van der Waals surface area contributed by atoms with Crippen LogP contribution in [0.25, 0.3) is 0 Å². The van der Waals surface area contributed by atoms with Crippen LogP contribution >= 0.6 is 23.1 Å². The van der Waals surface area contributed by atoms with E-state index in [1.807, 2.05) is 13.0 Å². The van der Waals surface area contributed by atoms with Gasteiger partial charge >= 0.3 is 0 Å². The van der Waals surface area contributed by atoms with E-state index < -0.39 is 0 Å². The molecule has 1 aliphatic heterocycles. The summed E-state index contributed by atoms with van der Waals surface area (Å²) in [6.07, 6.45) is 0. The maximum Gasteiger partial charge on any atom is 0.237 e. The maximum absolute atomic E-state index is 12.6. The number of carbonyl (C=O) groups excluding carboxylic acids is 1. The van der Waals surface area contributed by atoms with E-state index in [2.05, 4.69) is 46.8 Å². The molecule has 1 atom stereocenters. The molecule has 156 valence electrons. The van der Waals surface area contributed by atoms with Crippen LogP contribution in [0.5, 0.6) is 11.5 Å². The number of anilines is 3. The summed E-state index contributed by atoms with van der Waals surface area (Å²) in [4.78, 5) is 12.6. The summed E-state index contributed by atoms with van der Waals surface area (Å²) < 4.78 is 11.8. The van der Waals surface area contributed by atoms with Crippen LogP contribution in [0.1, 0.15) is 18.1 Å². The largest absolute Gasteiger partial charge is 0.486 e. The van der Waals surface area contributed by atoms with Gasteiger partial charge in [-0.15, -0.1) is 10.2 Å². The summed E-state index contributed by atoms with van der Waals surface area (Å²) >= 11 is 2.80. The SMILES string of the molecule is Cc1ccc(Nc2nnc(S[C@@H](C)C(=O)Nc3ccc4c(c3)OCCO4)s2)cc1C. The van der Waals surface area contributed by atoms with E-state index in [1.54, 1.807) is 18.2 Å². The number of nitrogens with zero attached hydrogens (tertiary/aromatic N) is 2. The second-order valence-electron chi connectivity index (χ2n) is 6.90. The van der Waals surface area contributed by atoms with Crippen LogP contribution in [0, 0.1) is 13.8 Å². The highest BCUT2D eigenvalue weighted by Gasteiger charge is 2.19. The first kappa shape index (κ1) is 20.5. The Morgan fingerprint density at radius 2 is 1.80 bits per heavy atom. The molecule has 0 radical (unpaired) electrons. The molecule has 1 amide bonds. The number of amides is 1. The molecule has 0 saturated heterocycles. The van der Waals surface area contributed by atoms with Crippen LogP contribution in [0.4, 0.5) is 16.5 Å². The van der Waals surface area contributed by atoms with Crippen LogP contribution in [-0.2, 0) is 4.79 Å². The summed E-state index contributed by atoms with van der Waals surface area (Å²) in [6, 6.07) is 11.5. The van der Waals surface area contributed by atoms with Crippen molar-refractivity contribution in [3.63, 3.8) is 0 Å². The molecule has 1 aliphatic rings. The number of aromatic nitrogens is 2. The minimum absolute atomic E-state index is 0.115.